The maximum absolute atomic E-state index is 12.2. The molecule has 1 aromatic carbocycles. The fraction of sp³-hybridized carbons (Fsp3) is 0.125. The summed E-state index contributed by atoms with van der Waals surface area (Å²) in [6.45, 7) is 1.68. The third-order valence-electron chi connectivity index (χ3n) is 3.45. The van der Waals surface area contributed by atoms with Crippen LogP contribution >= 0.6 is 38.5 Å². The molecule has 2 aromatic heterocycles. The van der Waals surface area contributed by atoms with E-state index in [0.29, 0.717) is 15.0 Å². The number of nitrogens with zero attached hydrogens (tertiary/aromatic N) is 3. The predicted molar refractivity (Wildman–Crippen MR) is 99.9 cm³/mol. The number of fused-ring (bicyclic) bond motifs is 1. The van der Waals surface area contributed by atoms with Gasteiger partial charge in [-0.1, -0.05) is 28.1 Å². The van der Waals surface area contributed by atoms with Gasteiger partial charge in [0.25, 0.3) is 5.78 Å². The third kappa shape index (κ3) is 2.95. The van der Waals surface area contributed by atoms with Gasteiger partial charge in [0.05, 0.1) is 24.1 Å². The SMILES string of the molecule is COC(=O)C(=O)c1c(C)nc2cc(-c3cccc(Br)c3)nn2c1I. The second-order valence-electron chi connectivity index (χ2n) is 4.99. The summed E-state index contributed by atoms with van der Waals surface area (Å²) in [7, 11) is 1.17. The van der Waals surface area contributed by atoms with Gasteiger partial charge in [0, 0.05) is 16.1 Å². The quantitative estimate of drug-likeness (QED) is 0.181. The maximum Gasteiger partial charge on any atom is 0.379 e. The highest BCUT2D eigenvalue weighted by Crippen LogP contribution is 2.25. The molecule has 0 aliphatic carbocycles. The Labute approximate surface area is 159 Å². The second kappa shape index (κ2) is 6.60. The number of esters is 1. The molecule has 3 rings (SSSR count). The largest absolute Gasteiger partial charge is 0.463 e. The first kappa shape index (κ1) is 17.0. The van der Waals surface area contributed by atoms with E-state index in [1.54, 1.807) is 11.4 Å². The van der Waals surface area contributed by atoms with Gasteiger partial charge >= 0.3 is 5.97 Å². The van der Waals surface area contributed by atoms with Crippen LogP contribution in [0.1, 0.15) is 16.1 Å². The van der Waals surface area contributed by atoms with E-state index in [2.05, 4.69) is 30.7 Å². The van der Waals surface area contributed by atoms with Gasteiger partial charge in [0.15, 0.2) is 5.65 Å². The number of carbonyl (C=O) groups excluding carboxylic acids is 2. The normalized spacial score (nSPS) is 10.8. The van der Waals surface area contributed by atoms with Crippen molar-refractivity contribution in [1.82, 2.24) is 14.6 Å². The third-order valence-corrected chi connectivity index (χ3v) is 4.93. The first-order valence-electron chi connectivity index (χ1n) is 6.87. The molecule has 8 heteroatoms. The Morgan fingerprint density at radius 2 is 2.04 bits per heavy atom. The zero-order chi connectivity index (χ0) is 17.4. The minimum Gasteiger partial charge on any atom is -0.463 e. The number of carbonyl (C=O) groups is 2. The van der Waals surface area contributed by atoms with Gasteiger partial charge in [-0.15, -0.1) is 0 Å². The Morgan fingerprint density at radius 1 is 1.29 bits per heavy atom. The molecule has 24 heavy (non-hydrogen) atoms. The van der Waals surface area contributed by atoms with Crippen LogP contribution in [0.5, 0.6) is 0 Å². The lowest BCUT2D eigenvalue weighted by molar-refractivity contribution is -0.135. The van der Waals surface area contributed by atoms with Crippen molar-refractivity contribution in [3.05, 3.63) is 49.8 Å². The van der Waals surface area contributed by atoms with Gasteiger partial charge in [-0.05, 0) is 41.6 Å². The van der Waals surface area contributed by atoms with Crippen LogP contribution in [0, 0.1) is 10.6 Å². The molecule has 2 heterocycles. The molecule has 0 saturated heterocycles. The van der Waals surface area contributed by atoms with Crippen LogP contribution in [0.2, 0.25) is 0 Å². The molecule has 0 radical (unpaired) electrons. The first-order chi connectivity index (χ1) is 11.4. The molecule has 0 amide bonds. The average Bonchev–Trinajstić information content (AvgIpc) is 2.98. The fourth-order valence-corrected chi connectivity index (χ4v) is 3.71. The summed E-state index contributed by atoms with van der Waals surface area (Å²) in [4.78, 5) is 28.2. The van der Waals surface area contributed by atoms with E-state index in [9.17, 15) is 9.59 Å². The lowest BCUT2D eigenvalue weighted by Crippen LogP contribution is -2.20. The predicted octanol–water partition coefficient (Wildman–Crippen LogP) is 3.43. The molecule has 0 atom stereocenters. The zero-order valence-electron chi connectivity index (χ0n) is 12.7. The van der Waals surface area contributed by atoms with Crippen LogP contribution in [0.4, 0.5) is 0 Å². The number of ketones is 1. The fourth-order valence-electron chi connectivity index (χ4n) is 2.32. The number of hydrogen-bond acceptors (Lipinski definition) is 5. The van der Waals surface area contributed by atoms with Crippen molar-refractivity contribution in [1.29, 1.82) is 0 Å². The van der Waals surface area contributed by atoms with Crippen LogP contribution in [-0.2, 0) is 9.53 Å². The molecule has 0 bridgehead atoms. The van der Waals surface area contributed by atoms with E-state index in [1.165, 1.54) is 7.11 Å². The Balaban J connectivity index is 2.19. The number of hydrogen-bond donors (Lipinski definition) is 0. The van der Waals surface area contributed by atoms with E-state index in [-0.39, 0.29) is 5.56 Å². The molecule has 6 nitrogen and oxygen atoms in total. The average molecular weight is 500 g/mol. The summed E-state index contributed by atoms with van der Waals surface area (Å²) >= 11 is 5.43. The monoisotopic (exact) mass is 499 g/mol. The number of methoxy groups -OCH3 is 1. The van der Waals surface area contributed by atoms with Crippen LogP contribution in [-0.4, -0.2) is 33.5 Å². The van der Waals surface area contributed by atoms with Gasteiger partial charge in [-0.3, -0.25) is 4.79 Å². The zero-order valence-corrected chi connectivity index (χ0v) is 16.5. The summed E-state index contributed by atoms with van der Waals surface area (Å²) in [5.74, 6) is -1.65. The van der Waals surface area contributed by atoms with Gasteiger partial charge in [0.2, 0.25) is 0 Å². The number of halogens is 2. The Hall–Kier alpha value is -1.81. The number of benzene rings is 1. The summed E-state index contributed by atoms with van der Waals surface area (Å²) in [6, 6.07) is 9.57. The van der Waals surface area contributed by atoms with Gasteiger partial charge < -0.3 is 4.74 Å². The topological polar surface area (TPSA) is 73.6 Å². The van der Waals surface area contributed by atoms with E-state index in [0.717, 1.165) is 15.7 Å². The van der Waals surface area contributed by atoms with Crippen molar-refractivity contribution in [3.63, 3.8) is 0 Å². The molecule has 0 unspecified atom stereocenters. The summed E-state index contributed by atoms with van der Waals surface area (Å²) < 4.78 is 7.54. The van der Waals surface area contributed by atoms with Crippen LogP contribution in [0.25, 0.3) is 16.9 Å². The minimum absolute atomic E-state index is 0.207. The maximum atomic E-state index is 12.2. The number of aromatic nitrogens is 3. The Bertz CT molecular complexity index is 984. The number of ether oxygens (including phenoxy) is 1. The first-order valence-corrected chi connectivity index (χ1v) is 8.74. The van der Waals surface area contributed by atoms with Crippen molar-refractivity contribution in [2.45, 2.75) is 6.92 Å². The summed E-state index contributed by atoms with van der Waals surface area (Å²) in [6.07, 6.45) is 0. The van der Waals surface area contributed by atoms with Crippen molar-refractivity contribution in [2.24, 2.45) is 0 Å². The van der Waals surface area contributed by atoms with Crippen molar-refractivity contribution in [3.8, 4) is 11.3 Å². The molecule has 0 fully saturated rings. The molecule has 3 aromatic rings. The lowest BCUT2D eigenvalue weighted by atomic mass is 10.1. The number of aryl methyl sites for hydroxylation is 1. The minimum atomic E-state index is -0.920. The van der Waals surface area contributed by atoms with Gasteiger partial charge in [0.1, 0.15) is 3.70 Å². The van der Waals surface area contributed by atoms with Crippen molar-refractivity contribution < 1.29 is 14.3 Å². The lowest BCUT2D eigenvalue weighted by Gasteiger charge is -2.07. The molecule has 0 aliphatic rings. The second-order valence-corrected chi connectivity index (χ2v) is 6.93. The van der Waals surface area contributed by atoms with Gasteiger partial charge in [-0.2, -0.15) is 5.10 Å². The number of Topliss-reactive ketones (excluding diaryl/α,β-unsaturated/α-hetero) is 1. The molecular formula is C16H11BrIN3O3. The van der Waals surface area contributed by atoms with Crippen LogP contribution in [0.15, 0.2) is 34.8 Å². The van der Waals surface area contributed by atoms with Gasteiger partial charge in [-0.25, -0.2) is 14.3 Å². The molecule has 0 N–H and O–H groups in total. The van der Waals surface area contributed by atoms with Crippen LogP contribution in [0.3, 0.4) is 0 Å². The Morgan fingerprint density at radius 3 is 2.71 bits per heavy atom. The van der Waals surface area contributed by atoms with E-state index in [1.807, 2.05) is 52.9 Å². The van der Waals surface area contributed by atoms with Crippen molar-refractivity contribution >= 4 is 55.9 Å². The molecular weight excluding hydrogens is 489 g/mol. The standard InChI is InChI=1S/C16H11BrIN3O3/c1-8-13(14(22)16(23)24-2)15(18)21-12(19-8)7-11(20-21)9-4-3-5-10(17)6-9/h3-7H,1-2H3. The van der Waals surface area contributed by atoms with E-state index < -0.39 is 11.8 Å². The highest BCUT2D eigenvalue weighted by Gasteiger charge is 2.25. The summed E-state index contributed by atoms with van der Waals surface area (Å²) in [5, 5.41) is 4.51. The van der Waals surface area contributed by atoms with Crippen LogP contribution < -0.4 is 0 Å². The highest BCUT2D eigenvalue weighted by molar-refractivity contribution is 14.1. The van der Waals surface area contributed by atoms with E-state index >= 15 is 0 Å². The molecule has 0 aliphatic heterocycles. The molecule has 0 spiro atoms. The highest BCUT2D eigenvalue weighted by atomic mass is 127. The smallest absolute Gasteiger partial charge is 0.379 e. The Kier molecular flexibility index (Phi) is 4.68. The van der Waals surface area contributed by atoms with Crippen molar-refractivity contribution in [2.75, 3.05) is 7.11 Å². The molecule has 122 valence electrons. The van der Waals surface area contributed by atoms with E-state index in [4.69, 9.17) is 0 Å². The number of rotatable bonds is 3. The summed E-state index contributed by atoms with van der Waals surface area (Å²) in [5.41, 5.74) is 2.92. The molecule has 0 saturated carbocycles.